The van der Waals surface area contributed by atoms with Crippen molar-refractivity contribution in [2.24, 2.45) is 0 Å². The standard InChI is InChI=1S/C45H54N4O6/c1-53-43(51)41(26-32-9-3-2-4-10-32)47-45(52)46-28-34-11-7-12-38(25-34)35-18-20-37(21-19-35)44-54-40(27-42(55-44)36-16-14-33(31-50)15-17-36)30-49-24-8-13-39(49)29-48-22-5-6-23-48/h2-4,7,9-12,14-21,25,39-42,44,50H,5-6,8,13,22-24,26-31H2,1H3,(H2,46,47,52)/t39-,40-,41-,42+,44+/m0/s1. The number of hydrogen-bond acceptors (Lipinski definition) is 8. The van der Waals surface area contributed by atoms with Crippen molar-refractivity contribution in [3.8, 4) is 11.1 Å². The summed E-state index contributed by atoms with van der Waals surface area (Å²) < 4.78 is 18.4. The Morgan fingerprint density at radius 2 is 1.55 bits per heavy atom. The van der Waals surface area contributed by atoms with Gasteiger partial charge in [0.15, 0.2) is 6.29 Å². The minimum absolute atomic E-state index is 0.0152. The number of carbonyl (C=O) groups excluding carboxylic acids is 2. The number of aliphatic hydroxyl groups is 1. The van der Waals surface area contributed by atoms with Gasteiger partial charge in [-0.15, -0.1) is 0 Å². The highest BCUT2D eigenvalue weighted by Gasteiger charge is 2.36. The smallest absolute Gasteiger partial charge is 0.328 e. The molecule has 0 bridgehead atoms. The fourth-order valence-electron chi connectivity index (χ4n) is 8.17. The lowest BCUT2D eigenvalue weighted by molar-refractivity contribution is -0.253. The topological polar surface area (TPSA) is 113 Å². The molecule has 7 rings (SSSR count). The van der Waals surface area contributed by atoms with E-state index in [1.165, 1.54) is 45.9 Å². The van der Waals surface area contributed by atoms with Crippen LogP contribution in [0.1, 0.15) is 72.3 Å². The largest absolute Gasteiger partial charge is 0.467 e. The number of ether oxygens (including phenoxy) is 3. The highest BCUT2D eigenvalue weighted by atomic mass is 16.7. The number of aliphatic hydroxyl groups excluding tert-OH is 1. The molecule has 290 valence electrons. The zero-order chi connectivity index (χ0) is 38.0. The van der Waals surface area contributed by atoms with Gasteiger partial charge in [0.25, 0.3) is 0 Å². The molecule has 0 radical (unpaired) electrons. The molecule has 0 aliphatic carbocycles. The molecule has 2 amide bonds. The predicted molar refractivity (Wildman–Crippen MR) is 212 cm³/mol. The van der Waals surface area contributed by atoms with Crippen molar-refractivity contribution in [3.63, 3.8) is 0 Å². The first-order chi connectivity index (χ1) is 26.9. The third-order valence-electron chi connectivity index (χ3n) is 11.2. The highest BCUT2D eigenvalue weighted by Crippen LogP contribution is 2.39. The maximum Gasteiger partial charge on any atom is 0.328 e. The van der Waals surface area contributed by atoms with Crippen molar-refractivity contribution < 1.29 is 28.9 Å². The van der Waals surface area contributed by atoms with Gasteiger partial charge in [-0.2, -0.15) is 0 Å². The zero-order valence-electron chi connectivity index (χ0n) is 31.8. The maximum absolute atomic E-state index is 12.9. The average molecular weight is 747 g/mol. The van der Waals surface area contributed by atoms with E-state index in [-0.39, 0.29) is 18.8 Å². The van der Waals surface area contributed by atoms with Gasteiger partial charge in [0, 0.05) is 44.1 Å². The average Bonchev–Trinajstić information content (AvgIpc) is 3.92. The highest BCUT2D eigenvalue weighted by molar-refractivity contribution is 5.83. The Morgan fingerprint density at radius 1 is 0.800 bits per heavy atom. The molecule has 3 aliphatic rings. The van der Waals surface area contributed by atoms with Crippen molar-refractivity contribution in [1.29, 1.82) is 0 Å². The van der Waals surface area contributed by atoms with Crippen molar-refractivity contribution in [2.75, 3.05) is 39.8 Å². The number of urea groups is 1. The van der Waals surface area contributed by atoms with Crippen LogP contribution >= 0.6 is 0 Å². The van der Waals surface area contributed by atoms with Crippen molar-refractivity contribution >= 4 is 12.0 Å². The number of nitrogens with one attached hydrogen (secondary N) is 2. The Kier molecular flexibility index (Phi) is 13.3. The number of amides is 2. The van der Waals surface area contributed by atoms with Crippen LogP contribution in [-0.4, -0.2) is 84.9 Å². The summed E-state index contributed by atoms with van der Waals surface area (Å²) in [4.78, 5) is 30.5. The van der Waals surface area contributed by atoms with Crippen LogP contribution in [0.5, 0.6) is 0 Å². The van der Waals surface area contributed by atoms with Crippen LogP contribution in [0, 0.1) is 0 Å². The van der Waals surface area contributed by atoms with Crippen LogP contribution in [-0.2, 0) is 38.6 Å². The first-order valence-electron chi connectivity index (χ1n) is 19.8. The summed E-state index contributed by atoms with van der Waals surface area (Å²) in [5.41, 5.74) is 6.85. The third-order valence-corrected chi connectivity index (χ3v) is 11.2. The van der Waals surface area contributed by atoms with E-state index in [4.69, 9.17) is 14.2 Å². The van der Waals surface area contributed by atoms with Crippen LogP contribution in [0.2, 0.25) is 0 Å². The van der Waals surface area contributed by atoms with E-state index in [2.05, 4.69) is 69.0 Å². The van der Waals surface area contributed by atoms with Gasteiger partial charge in [-0.25, -0.2) is 9.59 Å². The fourth-order valence-corrected chi connectivity index (χ4v) is 8.17. The first kappa shape index (κ1) is 38.7. The van der Waals surface area contributed by atoms with Gasteiger partial charge in [0.1, 0.15) is 6.04 Å². The summed E-state index contributed by atoms with van der Waals surface area (Å²) >= 11 is 0. The Morgan fingerprint density at radius 3 is 2.29 bits per heavy atom. The molecule has 0 saturated carbocycles. The van der Waals surface area contributed by atoms with E-state index in [1.807, 2.05) is 54.6 Å². The minimum Gasteiger partial charge on any atom is -0.467 e. The summed E-state index contributed by atoms with van der Waals surface area (Å²) in [6.45, 7) is 5.88. The Bertz CT molecular complexity index is 1830. The van der Waals surface area contributed by atoms with Crippen molar-refractivity contribution in [2.45, 2.75) is 82.3 Å². The number of carbonyl (C=O) groups is 2. The van der Waals surface area contributed by atoms with E-state index in [0.29, 0.717) is 19.0 Å². The molecule has 3 N–H and O–H groups in total. The second-order valence-corrected chi connectivity index (χ2v) is 15.1. The van der Waals surface area contributed by atoms with E-state index >= 15 is 0 Å². The Labute approximate surface area is 324 Å². The molecule has 3 aliphatic heterocycles. The van der Waals surface area contributed by atoms with Gasteiger partial charge < -0.3 is 34.9 Å². The molecule has 3 heterocycles. The number of likely N-dealkylation sites (tertiary alicyclic amines) is 2. The summed E-state index contributed by atoms with van der Waals surface area (Å²) in [5.74, 6) is -0.496. The number of nitrogens with zero attached hydrogens (tertiary/aromatic N) is 2. The summed E-state index contributed by atoms with van der Waals surface area (Å²) in [6.07, 6.45) is 5.57. The summed E-state index contributed by atoms with van der Waals surface area (Å²) in [5, 5.41) is 15.3. The molecular formula is C45H54N4O6. The predicted octanol–water partition coefficient (Wildman–Crippen LogP) is 6.54. The van der Waals surface area contributed by atoms with E-state index in [9.17, 15) is 14.7 Å². The monoisotopic (exact) mass is 746 g/mol. The van der Waals surface area contributed by atoms with Gasteiger partial charge in [-0.05, 0) is 84.8 Å². The number of esters is 1. The number of hydrogen-bond donors (Lipinski definition) is 3. The molecule has 10 heteroatoms. The van der Waals surface area contributed by atoms with E-state index in [1.54, 1.807) is 0 Å². The molecule has 4 aromatic rings. The Hall–Kier alpha value is -4.58. The van der Waals surface area contributed by atoms with E-state index < -0.39 is 24.3 Å². The van der Waals surface area contributed by atoms with Crippen molar-refractivity contribution in [3.05, 3.63) is 131 Å². The van der Waals surface area contributed by atoms with Crippen molar-refractivity contribution in [1.82, 2.24) is 20.4 Å². The van der Waals surface area contributed by atoms with Gasteiger partial charge in [0.2, 0.25) is 0 Å². The molecule has 55 heavy (non-hydrogen) atoms. The number of rotatable bonds is 14. The quantitative estimate of drug-likeness (QED) is 0.125. The molecule has 5 atom stereocenters. The molecule has 4 aromatic carbocycles. The molecule has 3 saturated heterocycles. The molecule has 10 nitrogen and oxygen atoms in total. The summed E-state index contributed by atoms with van der Waals surface area (Å²) in [6, 6.07) is 33.3. The normalized spacial score (nSPS) is 22.3. The maximum atomic E-state index is 12.9. The first-order valence-corrected chi connectivity index (χ1v) is 19.8. The van der Waals surface area contributed by atoms with Gasteiger partial charge in [0.05, 0.1) is 25.9 Å². The van der Waals surface area contributed by atoms with Crippen LogP contribution < -0.4 is 10.6 Å². The lowest BCUT2D eigenvalue weighted by Gasteiger charge is -2.39. The molecule has 3 fully saturated rings. The van der Waals surface area contributed by atoms with Crippen LogP contribution in [0.15, 0.2) is 103 Å². The third kappa shape index (κ3) is 10.4. The number of benzene rings is 4. The number of methoxy groups -OCH3 is 1. The second kappa shape index (κ2) is 18.8. The lowest BCUT2D eigenvalue weighted by Crippen LogP contribution is -2.47. The van der Waals surface area contributed by atoms with Gasteiger partial charge in [-0.1, -0.05) is 97.1 Å². The summed E-state index contributed by atoms with van der Waals surface area (Å²) in [7, 11) is 1.32. The van der Waals surface area contributed by atoms with Crippen LogP contribution in [0.4, 0.5) is 4.79 Å². The second-order valence-electron chi connectivity index (χ2n) is 15.1. The van der Waals surface area contributed by atoms with Crippen LogP contribution in [0.25, 0.3) is 11.1 Å². The van der Waals surface area contributed by atoms with Crippen LogP contribution in [0.3, 0.4) is 0 Å². The molecule has 0 aromatic heterocycles. The zero-order valence-corrected chi connectivity index (χ0v) is 31.8. The lowest BCUT2D eigenvalue weighted by atomic mass is 9.98. The van der Waals surface area contributed by atoms with Gasteiger partial charge >= 0.3 is 12.0 Å². The Balaban J connectivity index is 1.000. The minimum atomic E-state index is -0.802. The molecule has 0 unspecified atom stereocenters. The SMILES string of the molecule is COC(=O)[C@H](Cc1ccccc1)NC(=O)NCc1cccc(-c2ccc([C@@H]3O[C@H](CN4CCC[C@H]4CN4CCCC4)C[C@H](c4ccc(CO)cc4)O3)cc2)c1. The van der Waals surface area contributed by atoms with E-state index in [0.717, 1.165) is 65.0 Å². The molecule has 0 spiro atoms. The molecular weight excluding hydrogens is 693 g/mol. The fraction of sp³-hybridized carbons (Fsp3) is 0.422. The van der Waals surface area contributed by atoms with Gasteiger partial charge in [-0.3, -0.25) is 4.90 Å².